The molecule has 0 spiro atoms. The van der Waals surface area contributed by atoms with Crippen molar-refractivity contribution >= 4 is 45.3 Å². The number of hydrogen-bond donors (Lipinski definition) is 1. The van der Waals surface area contributed by atoms with Crippen LogP contribution >= 0.6 is 23.2 Å². The first-order valence-electron chi connectivity index (χ1n) is 9.32. The Morgan fingerprint density at radius 1 is 1.00 bits per heavy atom. The van der Waals surface area contributed by atoms with Gasteiger partial charge in [0.15, 0.2) is 0 Å². The lowest BCUT2D eigenvalue weighted by Gasteiger charge is -2.22. The molecule has 32 heavy (non-hydrogen) atoms. The van der Waals surface area contributed by atoms with E-state index in [0.29, 0.717) is 21.2 Å². The molecule has 0 aromatic heterocycles. The summed E-state index contributed by atoms with van der Waals surface area (Å²) in [5.74, 6) is -1.05. The quantitative estimate of drug-likeness (QED) is 0.371. The van der Waals surface area contributed by atoms with Gasteiger partial charge in [-0.15, -0.1) is 0 Å². The highest BCUT2D eigenvalue weighted by molar-refractivity contribution is 7.89. The molecule has 0 fully saturated rings. The molecule has 0 radical (unpaired) electrons. The van der Waals surface area contributed by atoms with Crippen molar-refractivity contribution < 1.29 is 17.6 Å². The van der Waals surface area contributed by atoms with Crippen LogP contribution in [0.2, 0.25) is 10.0 Å². The Hall–Kier alpha value is -2.78. The highest BCUT2D eigenvalue weighted by Crippen LogP contribution is 2.23. The number of hydrazone groups is 1. The van der Waals surface area contributed by atoms with E-state index < -0.39 is 28.3 Å². The standard InChI is InChI=1S/C22H18Cl2FN3O3S/c23-18-7-11-20(12-8-18)32(30,31)28(14-17-3-1-2-4-21(17)24)15-22(29)27-26-13-16-5-9-19(25)10-6-16/h1-13H,14-15H2,(H,27,29)/b26-13-. The summed E-state index contributed by atoms with van der Waals surface area (Å²) < 4.78 is 40.4. The lowest BCUT2D eigenvalue weighted by atomic mass is 10.2. The molecule has 1 N–H and O–H groups in total. The first-order chi connectivity index (χ1) is 15.3. The van der Waals surface area contributed by atoms with Crippen LogP contribution in [0.25, 0.3) is 0 Å². The molecule has 0 aliphatic rings. The second kappa shape index (κ2) is 10.7. The number of benzene rings is 3. The zero-order valence-electron chi connectivity index (χ0n) is 16.6. The summed E-state index contributed by atoms with van der Waals surface area (Å²) >= 11 is 12.1. The van der Waals surface area contributed by atoms with Crippen molar-refractivity contribution in [2.24, 2.45) is 5.10 Å². The molecule has 0 unspecified atom stereocenters. The van der Waals surface area contributed by atoms with Crippen LogP contribution in [0.1, 0.15) is 11.1 Å². The molecule has 3 aromatic carbocycles. The maximum absolute atomic E-state index is 13.2. The Morgan fingerprint density at radius 2 is 1.66 bits per heavy atom. The van der Waals surface area contributed by atoms with Crippen molar-refractivity contribution in [3.63, 3.8) is 0 Å². The smallest absolute Gasteiger partial charge is 0.255 e. The molecule has 0 atom stereocenters. The van der Waals surface area contributed by atoms with Crippen molar-refractivity contribution in [2.45, 2.75) is 11.4 Å². The van der Waals surface area contributed by atoms with Gasteiger partial charge in [0, 0.05) is 16.6 Å². The van der Waals surface area contributed by atoms with Gasteiger partial charge >= 0.3 is 0 Å². The van der Waals surface area contributed by atoms with Crippen LogP contribution in [-0.2, 0) is 21.4 Å². The molecule has 3 aromatic rings. The van der Waals surface area contributed by atoms with Gasteiger partial charge < -0.3 is 0 Å². The van der Waals surface area contributed by atoms with Gasteiger partial charge in [-0.2, -0.15) is 9.41 Å². The molecule has 3 rings (SSSR count). The van der Waals surface area contributed by atoms with Crippen LogP contribution in [0.4, 0.5) is 4.39 Å². The number of nitrogens with zero attached hydrogens (tertiary/aromatic N) is 2. The van der Waals surface area contributed by atoms with E-state index in [2.05, 4.69) is 10.5 Å². The van der Waals surface area contributed by atoms with Gasteiger partial charge in [-0.05, 0) is 53.6 Å². The normalized spacial score (nSPS) is 11.8. The topological polar surface area (TPSA) is 78.8 Å². The number of nitrogens with one attached hydrogen (secondary N) is 1. The summed E-state index contributed by atoms with van der Waals surface area (Å²) in [5.41, 5.74) is 3.39. The van der Waals surface area contributed by atoms with Crippen LogP contribution in [0.3, 0.4) is 0 Å². The average Bonchev–Trinajstić information content (AvgIpc) is 2.76. The molecule has 0 saturated carbocycles. The number of halogens is 3. The average molecular weight is 494 g/mol. The third kappa shape index (κ3) is 6.37. The van der Waals surface area contributed by atoms with E-state index in [4.69, 9.17) is 23.2 Å². The van der Waals surface area contributed by atoms with Gasteiger partial charge in [0.1, 0.15) is 5.82 Å². The van der Waals surface area contributed by atoms with Gasteiger partial charge in [-0.25, -0.2) is 18.2 Å². The van der Waals surface area contributed by atoms with Crippen molar-refractivity contribution in [2.75, 3.05) is 6.54 Å². The molecule has 6 nitrogen and oxygen atoms in total. The molecule has 166 valence electrons. The van der Waals surface area contributed by atoms with Crippen molar-refractivity contribution in [3.05, 3.63) is 99.8 Å². The number of rotatable bonds is 8. The molecule has 0 aliphatic carbocycles. The van der Waals surface area contributed by atoms with Crippen LogP contribution in [0.15, 0.2) is 82.8 Å². The molecule has 0 heterocycles. The molecule has 10 heteroatoms. The number of sulfonamides is 1. The monoisotopic (exact) mass is 493 g/mol. The number of hydrogen-bond acceptors (Lipinski definition) is 4. The molecular formula is C22H18Cl2FN3O3S. The van der Waals surface area contributed by atoms with E-state index in [1.54, 1.807) is 24.3 Å². The fourth-order valence-electron chi connectivity index (χ4n) is 2.72. The molecule has 0 saturated heterocycles. The van der Waals surface area contributed by atoms with Crippen LogP contribution in [0, 0.1) is 5.82 Å². The fourth-order valence-corrected chi connectivity index (χ4v) is 4.42. The van der Waals surface area contributed by atoms with Gasteiger partial charge in [0.25, 0.3) is 5.91 Å². The molecule has 0 aliphatic heterocycles. The van der Waals surface area contributed by atoms with Crippen LogP contribution in [-0.4, -0.2) is 31.4 Å². The second-order valence-electron chi connectivity index (χ2n) is 6.66. The van der Waals surface area contributed by atoms with Crippen molar-refractivity contribution in [1.29, 1.82) is 0 Å². The van der Waals surface area contributed by atoms with E-state index in [1.165, 1.54) is 54.7 Å². The van der Waals surface area contributed by atoms with E-state index in [-0.39, 0.29) is 11.4 Å². The van der Waals surface area contributed by atoms with E-state index in [9.17, 15) is 17.6 Å². The van der Waals surface area contributed by atoms with Gasteiger partial charge in [-0.1, -0.05) is 53.5 Å². The predicted molar refractivity (Wildman–Crippen MR) is 123 cm³/mol. The summed E-state index contributed by atoms with van der Waals surface area (Å²) in [5, 5.41) is 4.56. The van der Waals surface area contributed by atoms with Gasteiger partial charge in [0.05, 0.1) is 17.7 Å². The highest BCUT2D eigenvalue weighted by Gasteiger charge is 2.27. The van der Waals surface area contributed by atoms with Crippen LogP contribution < -0.4 is 5.43 Å². The summed E-state index contributed by atoms with van der Waals surface area (Å²) in [7, 11) is -4.05. The SMILES string of the molecule is O=C(CN(Cc1ccccc1Cl)S(=O)(=O)c1ccc(Cl)cc1)N/N=C\c1ccc(F)cc1. The zero-order valence-corrected chi connectivity index (χ0v) is 18.9. The Balaban J connectivity index is 1.80. The fraction of sp³-hybridized carbons (Fsp3) is 0.0909. The lowest BCUT2D eigenvalue weighted by Crippen LogP contribution is -2.39. The van der Waals surface area contributed by atoms with Crippen molar-refractivity contribution in [3.8, 4) is 0 Å². The summed E-state index contributed by atoms with van der Waals surface area (Å²) in [6.45, 7) is -0.628. The maximum atomic E-state index is 13.2. The Bertz CT molecular complexity index is 1220. The van der Waals surface area contributed by atoms with Crippen molar-refractivity contribution in [1.82, 2.24) is 9.73 Å². The number of carbonyl (C=O) groups excluding carboxylic acids is 1. The van der Waals surface area contributed by atoms with E-state index >= 15 is 0 Å². The Kier molecular flexibility index (Phi) is 7.98. The van der Waals surface area contributed by atoms with Crippen LogP contribution in [0.5, 0.6) is 0 Å². The summed E-state index contributed by atoms with van der Waals surface area (Å²) in [4.78, 5) is 12.4. The number of carbonyl (C=O) groups is 1. The van der Waals surface area contributed by atoms with E-state index in [0.717, 1.165) is 4.31 Å². The van der Waals surface area contributed by atoms with Gasteiger partial charge in [-0.3, -0.25) is 4.79 Å². The summed E-state index contributed by atoms with van der Waals surface area (Å²) in [6, 6.07) is 17.9. The number of amides is 1. The maximum Gasteiger partial charge on any atom is 0.255 e. The molecular weight excluding hydrogens is 476 g/mol. The Morgan fingerprint density at radius 3 is 2.31 bits per heavy atom. The minimum atomic E-state index is -4.05. The summed E-state index contributed by atoms with van der Waals surface area (Å²) in [6.07, 6.45) is 1.32. The minimum Gasteiger partial charge on any atom is -0.272 e. The van der Waals surface area contributed by atoms with Gasteiger partial charge in [0.2, 0.25) is 10.0 Å². The zero-order chi connectivity index (χ0) is 23.1. The molecule has 0 bridgehead atoms. The third-order valence-electron chi connectivity index (χ3n) is 4.35. The van der Waals surface area contributed by atoms with E-state index in [1.807, 2.05) is 0 Å². The lowest BCUT2D eigenvalue weighted by molar-refractivity contribution is -0.121. The largest absolute Gasteiger partial charge is 0.272 e. The minimum absolute atomic E-state index is 0.0171. The second-order valence-corrected chi connectivity index (χ2v) is 9.44. The first-order valence-corrected chi connectivity index (χ1v) is 11.5. The first kappa shape index (κ1) is 23.9. The third-order valence-corrected chi connectivity index (χ3v) is 6.78. The predicted octanol–water partition coefficient (Wildman–Crippen LogP) is 4.47. The Labute approximate surface area is 195 Å². The highest BCUT2D eigenvalue weighted by atomic mass is 35.5. The molecule has 1 amide bonds.